The van der Waals surface area contributed by atoms with Crippen LogP contribution in [0.1, 0.15) is 43.7 Å². The van der Waals surface area contributed by atoms with Crippen LogP contribution in [0.2, 0.25) is 5.02 Å². The van der Waals surface area contributed by atoms with Crippen LogP contribution in [0.4, 0.5) is 16.2 Å². The SMILES string of the molecule is CC1=N[C@@H](NC(=O)Nc2cccc(Cl)c2)C(=O)N(CC(=O)N2CC3CCC(CC3)C2)c2c(C)cccc21. The number of anilines is 2. The first-order chi connectivity index (χ1) is 17.8. The van der Waals surface area contributed by atoms with Gasteiger partial charge in [0.2, 0.25) is 12.1 Å². The highest BCUT2D eigenvalue weighted by Crippen LogP contribution is 2.34. The van der Waals surface area contributed by atoms with Crippen molar-refractivity contribution in [2.24, 2.45) is 16.8 Å². The summed E-state index contributed by atoms with van der Waals surface area (Å²) in [4.78, 5) is 48.3. The summed E-state index contributed by atoms with van der Waals surface area (Å²) in [7, 11) is 0. The summed E-state index contributed by atoms with van der Waals surface area (Å²) in [5, 5.41) is 5.86. The van der Waals surface area contributed by atoms with E-state index in [1.165, 1.54) is 30.6 Å². The number of halogens is 1. The first kappa shape index (κ1) is 25.3. The van der Waals surface area contributed by atoms with E-state index in [0.29, 0.717) is 33.9 Å². The Balaban J connectivity index is 1.40. The topological polar surface area (TPSA) is 94.1 Å². The number of rotatable bonds is 4. The van der Waals surface area contributed by atoms with Crippen LogP contribution in [0.15, 0.2) is 47.5 Å². The minimum absolute atomic E-state index is 0.0666. The molecule has 3 heterocycles. The second kappa shape index (κ2) is 10.5. The number of aryl methyl sites for hydroxylation is 1. The molecule has 37 heavy (non-hydrogen) atoms. The minimum atomic E-state index is -1.18. The van der Waals surface area contributed by atoms with Crippen LogP contribution in [0.25, 0.3) is 0 Å². The number of hydrogen-bond acceptors (Lipinski definition) is 4. The lowest BCUT2D eigenvalue weighted by Crippen LogP contribution is -2.52. The molecule has 1 atom stereocenters. The number of hydrogen-bond donors (Lipinski definition) is 2. The fourth-order valence-corrected chi connectivity index (χ4v) is 5.92. The Bertz CT molecular complexity index is 1240. The smallest absolute Gasteiger partial charge is 0.321 e. The van der Waals surface area contributed by atoms with Gasteiger partial charge in [-0.3, -0.25) is 19.5 Å². The van der Waals surface area contributed by atoms with Crippen molar-refractivity contribution >= 4 is 46.5 Å². The molecule has 8 nitrogen and oxygen atoms in total. The van der Waals surface area contributed by atoms with Gasteiger partial charge in [-0.05, 0) is 75.1 Å². The van der Waals surface area contributed by atoms with E-state index in [9.17, 15) is 14.4 Å². The molecule has 0 spiro atoms. The van der Waals surface area contributed by atoms with Gasteiger partial charge in [0, 0.05) is 35.1 Å². The largest absolute Gasteiger partial charge is 0.341 e. The maximum absolute atomic E-state index is 13.9. The van der Waals surface area contributed by atoms with Crippen LogP contribution in [0, 0.1) is 18.8 Å². The number of aliphatic imine (C=N–C) groups is 1. The maximum Gasteiger partial charge on any atom is 0.321 e. The lowest BCUT2D eigenvalue weighted by Gasteiger charge is -2.30. The van der Waals surface area contributed by atoms with Gasteiger partial charge in [-0.2, -0.15) is 0 Å². The van der Waals surface area contributed by atoms with Gasteiger partial charge in [0.15, 0.2) is 0 Å². The molecule has 1 aliphatic carbocycles. The highest BCUT2D eigenvalue weighted by atomic mass is 35.5. The summed E-state index contributed by atoms with van der Waals surface area (Å²) in [5.74, 6) is 0.557. The first-order valence-corrected chi connectivity index (χ1v) is 13.2. The molecule has 3 aliphatic heterocycles. The maximum atomic E-state index is 13.9. The van der Waals surface area contributed by atoms with Gasteiger partial charge in [-0.15, -0.1) is 0 Å². The standard InChI is InChI=1S/C28H32ClN5O3/c1-17-5-3-8-23-18(2)30-26(32-28(37)31-22-7-4-6-21(29)13-22)27(36)34(25(17)23)16-24(35)33-14-19-9-10-20(15-33)12-11-19/h3-8,13,19-20,26H,9-12,14-16H2,1-2H3,(H2,31,32,37)/t19?,20?,26-/m0/s1. The summed E-state index contributed by atoms with van der Waals surface area (Å²) in [6.45, 7) is 5.14. The monoisotopic (exact) mass is 521 g/mol. The summed E-state index contributed by atoms with van der Waals surface area (Å²) in [5.41, 5.74) is 3.42. The van der Waals surface area contributed by atoms with Crippen molar-refractivity contribution in [2.75, 3.05) is 29.9 Å². The quantitative estimate of drug-likeness (QED) is 0.615. The van der Waals surface area contributed by atoms with E-state index in [-0.39, 0.29) is 12.5 Å². The second-order valence-electron chi connectivity index (χ2n) is 10.3. The van der Waals surface area contributed by atoms with E-state index < -0.39 is 18.1 Å². The summed E-state index contributed by atoms with van der Waals surface area (Å²) in [6, 6.07) is 11.9. The predicted molar refractivity (Wildman–Crippen MR) is 145 cm³/mol. The van der Waals surface area contributed by atoms with E-state index in [1.807, 2.05) is 36.9 Å². The zero-order valence-electron chi connectivity index (χ0n) is 21.2. The van der Waals surface area contributed by atoms with Crippen LogP contribution < -0.4 is 15.5 Å². The van der Waals surface area contributed by atoms with E-state index in [4.69, 9.17) is 11.6 Å². The number of nitrogens with one attached hydrogen (secondary N) is 2. The summed E-state index contributed by atoms with van der Waals surface area (Å²) >= 11 is 6.02. The molecule has 9 heteroatoms. The fraction of sp³-hybridized carbons (Fsp3) is 0.429. The number of benzene rings is 2. The third kappa shape index (κ3) is 5.49. The molecule has 2 aromatic carbocycles. The number of urea groups is 1. The minimum Gasteiger partial charge on any atom is -0.341 e. The Labute approximate surface area is 222 Å². The van der Waals surface area contributed by atoms with Gasteiger partial charge < -0.3 is 15.5 Å². The molecule has 0 unspecified atom stereocenters. The van der Waals surface area contributed by atoms with Crippen LogP contribution in [-0.2, 0) is 9.59 Å². The van der Waals surface area contributed by atoms with Crippen molar-refractivity contribution < 1.29 is 14.4 Å². The molecule has 1 saturated carbocycles. The Morgan fingerprint density at radius 3 is 2.38 bits per heavy atom. The van der Waals surface area contributed by atoms with Crippen molar-refractivity contribution in [1.82, 2.24) is 10.2 Å². The molecule has 0 aromatic heterocycles. The number of fused-ring (bicyclic) bond motifs is 5. The van der Waals surface area contributed by atoms with Gasteiger partial charge in [0.1, 0.15) is 6.54 Å². The fourth-order valence-electron chi connectivity index (χ4n) is 5.73. The zero-order valence-corrected chi connectivity index (χ0v) is 21.9. The highest BCUT2D eigenvalue weighted by molar-refractivity contribution is 6.30. The van der Waals surface area contributed by atoms with Crippen LogP contribution in [-0.4, -0.2) is 54.3 Å². The van der Waals surface area contributed by atoms with Crippen LogP contribution >= 0.6 is 11.6 Å². The average Bonchev–Trinajstić information content (AvgIpc) is 3.24. The van der Waals surface area contributed by atoms with Crippen LogP contribution in [0.3, 0.4) is 0 Å². The molecule has 6 rings (SSSR count). The third-order valence-electron chi connectivity index (χ3n) is 7.64. The van der Waals surface area contributed by atoms with Gasteiger partial charge in [0.25, 0.3) is 5.91 Å². The Morgan fingerprint density at radius 2 is 1.70 bits per heavy atom. The molecule has 0 radical (unpaired) electrons. The van der Waals surface area contributed by atoms with E-state index in [0.717, 1.165) is 24.2 Å². The molecule has 2 aromatic rings. The summed E-state index contributed by atoms with van der Waals surface area (Å²) in [6.07, 6.45) is 3.48. The Morgan fingerprint density at radius 1 is 1.03 bits per heavy atom. The molecule has 4 amide bonds. The van der Waals surface area contributed by atoms with Gasteiger partial charge >= 0.3 is 6.03 Å². The molecule has 2 bridgehead atoms. The van der Waals surface area contributed by atoms with Crippen molar-refractivity contribution in [3.8, 4) is 0 Å². The normalized spacial score (nSPS) is 23.1. The number of amides is 4. The Hall–Kier alpha value is -3.39. The lowest BCUT2D eigenvalue weighted by atomic mass is 9.84. The first-order valence-electron chi connectivity index (χ1n) is 12.8. The number of nitrogens with zero attached hydrogens (tertiary/aromatic N) is 3. The van der Waals surface area contributed by atoms with Gasteiger partial charge in [0.05, 0.1) is 5.69 Å². The van der Waals surface area contributed by atoms with Gasteiger partial charge in [-0.25, -0.2) is 4.79 Å². The third-order valence-corrected chi connectivity index (χ3v) is 7.88. The Kier molecular flexibility index (Phi) is 7.20. The van der Waals surface area contributed by atoms with Crippen LogP contribution in [0.5, 0.6) is 0 Å². The second-order valence-corrected chi connectivity index (χ2v) is 10.7. The van der Waals surface area contributed by atoms with Crippen molar-refractivity contribution in [1.29, 1.82) is 0 Å². The number of para-hydroxylation sites is 1. The van der Waals surface area contributed by atoms with Crippen molar-refractivity contribution in [2.45, 2.75) is 45.7 Å². The highest BCUT2D eigenvalue weighted by Gasteiger charge is 2.37. The molecular formula is C28H32ClN5O3. The number of carbonyl (C=O) groups excluding carboxylic acids is 3. The van der Waals surface area contributed by atoms with Gasteiger partial charge in [-0.1, -0.05) is 35.9 Å². The van der Waals surface area contributed by atoms with Crippen molar-refractivity contribution in [3.05, 3.63) is 58.6 Å². The average molecular weight is 522 g/mol. The zero-order chi connectivity index (χ0) is 26.1. The molecule has 2 N–H and O–H groups in total. The predicted octanol–water partition coefficient (Wildman–Crippen LogP) is 4.60. The van der Waals surface area contributed by atoms with Crippen molar-refractivity contribution in [3.63, 3.8) is 0 Å². The number of benzodiazepines with no additional fused rings is 1. The van der Waals surface area contributed by atoms with E-state index in [1.54, 1.807) is 24.3 Å². The molecule has 194 valence electrons. The molecular weight excluding hydrogens is 490 g/mol. The molecule has 4 aliphatic rings. The summed E-state index contributed by atoms with van der Waals surface area (Å²) < 4.78 is 0. The lowest BCUT2D eigenvalue weighted by molar-refractivity contribution is -0.132. The van der Waals surface area contributed by atoms with E-state index in [2.05, 4.69) is 15.6 Å². The molecule has 2 saturated heterocycles. The number of carbonyl (C=O) groups is 3. The van der Waals surface area contributed by atoms with E-state index >= 15 is 0 Å². The molecule has 3 fully saturated rings.